The molecule has 0 amide bonds. The lowest BCUT2D eigenvalue weighted by Gasteiger charge is -2.13. The molecule has 30 heavy (non-hydrogen) atoms. The zero-order chi connectivity index (χ0) is 22.1. The van der Waals surface area contributed by atoms with Gasteiger partial charge in [0.15, 0.2) is 0 Å². The topological polar surface area (TPSA) is 132 Å². The van der Waals surface area contributed by atoms with E-state index >= 15 is 0 Å². The zero-order valence-electron chi connectivity index (χ0n) is 17.7. The average Bonchev–Trinajstić information content (AvgIpc) is 3.07. The van der Waals surface area contributed by atoms with Crippen molar-refractivity contribution in [1.29, 1.82) is 5.26 Å². The minimum absolute atomic E-state index is 0.134. The Morgan fingerprint density at radius 1 is 1.23 bits per heavy atom. The number of aryl methyl sites for hydroxylation is 2. The van der Waals surface area contributed by atoms with E-state index in [4.69, 9.17) is 14.8 Å². The van der Waals surface area contributed by atoms with Gasteiger partial charge in [-0.1, -0.05) is 24.2 Å². The van der Waals surface area contributed by atoms with Crippen molar-refractivity contribution in [2.75, 3.05) is 6.61 Å². The zero-order valence-corrected chi connectivity index (χ0v) is 17.7. The lowest BCUT2D eigenvalue weighted by molar-refractivity contribution is 0.179. The number of ether oxygens (including phenoxy) is 1. The molecule has 1 aromatic heterocycles. The molecule has 2 aromatic rings. The van der Waals surface area contributed by atoms with E-state index in [9.17, 15) is 4.79 Å². The summed E-state index contributed by atoms with van der Waals surface area (Å²) < 4.78 is 8.25. The molecule has 11 nitrogen and oxygen atoms in total. The predicted molar refractivity (Wildman–Crippen MR) is 112 cm³/mol. The smallest absolute Gasteiger partial charge is 0.368 e. The van der Waals surface area contributed by atoms with E-state index in [0.717, 1.165) is 15.8 Å². The van der Waals surface area contributed by atoms with Crippen molar-refractivity contribution in [3.8, 4) is 11.8 Å². The number of oxime groups is 1. The molecule has 158 valence electrons. The summed E-state index contributed by atoms with van der Waals surface area (Å²) in [5, 5.41) is 28.2. The molecule has 11 heteroatoms. The van der Waals surface area contributed by atoms with Crippen molar-refractivity contribution in [2.24, 2.45) is 22.4 Å². The van der Waals surface area contributed by atoms with Crippen molar-refractivity contribution in [2.45, 2.75) is 40.7 Å². The van der Waals surface area contributed by atoms with Crippen LogP contribution in [0.25, 0.3) is 5.69 Å². The van der Waals surface area contributed by atoms with E-state index in [0.29, 0.717) is 29.4 Å². The Kier molecular flexibility index (Phi) is 7.99. The lowest BCUT2D eigenvalue weighted by atomic mass is 10.1. The third kappa shape index (κ3) is 5.60. The Labute approximate surface area is 173 Å². The lowest BCUT2D eigenvalue weighted by Crippen LogP contribution is -2.23. The summed E-state index contributed by atoms with van der Waals surface area (Å²) in [6, 6.07) is 7.39. The maximum Gasteiger partial charge on any atom is 0.368 e. The van der Waals surface area contributed by atoms with E-state index in [1.165, 1.54) is 11.7 Å². The molecule has 0 N–H and O–H groups in total. The largest absolute Gasteiger partial charge is 0.475 e. The maximum atomic E-state index is 12.2. The number of nitrogens with zero attached hydrogens (tertiary/aromatic N) is 8. The molecule has 0 bridgehead atoms. The molecule has 1 heterocycles. The van der Waals surface area contributed by atoms with Crippen LogP contribution in [0.15, 0.2) is 38.4 Å². The van der Waals surface area contributed by atoms with Crippen molar-refractivity contribution in [1.82, 2.24) is 19.8 Å². The van der Waals surface area contributed by atoms with Crippen LogP contribution in [0, 0.1) is 18.3 Å². The second-order valence-electron chi connectivity index (χ2n) is 6.30. The summed E-state index contributed by atoms with van der Waals surface area (Å²) in [6.07, 6.45) is 0.518. The van der Waals surface area contributed by atoms with Gasteiger partial charge in [-0.15, -0.1) is 5.10 Å². The Hall–Kier alpha value is -3.81. The van der Waals surface area contributed by atoms with Crippen LogP contribution in [0.1, 0.15) is 38.3 Å². The molecule has 2 rings (SSSR count). The second-order valence-corrected chi connectivity index (χ2v) is 6.30. The van der Waals surface area contributed by atoms with Gasteiger partial charge in [-0.3, -0.25) is 0 Å². The fraction of sp³-hybridized carbons (Fsp3) is 0.421. The van der Waals surface area contributed by atoms with Gasteiger partial charge in [-0.05, 0) is 42.8 Å². The highest BCUT2D eigenvalue weighted by molar-refractivity contribution is 6.40. The summed E-state index contributed by atoms with van der Waals surface area (Å²) in [5.74, 6) is 0.417. The van der Waals surface area contributed by atoms with Crippen LogP contribution in [0.3, 0.4) is 0 Å². The Morgan fingerprint density at radius 2 is 2.00 bits per heavy atom. The molecule has 0 saturated heterocycles. The first-order chi connectivity index (χ1) is 14.4. The van der Waals surface area contributed by atoms with Gasteiger partial charge < -0.3 is 9.57 Å². The van der Waals surface area contributed by atoms with E-state index in [1.54, 1.807) is 19.9 Å². The first-order valence-corrected chi connectivity index (χ1v) is 9.24. The second kappa shape index (κ2) is 10.7. The standard InChI is InChI=1S/C19H24N8O3/c1-6-18(22-21-14(3)15(4)23-30-11-10-20)29-12-16-13(2)8-7-9-17(16)27-19(28)26(5)24-25-27/h7-9H,6,11-12H2,1-5H3. The summed E-state index contributed by atoms with van der Waals surface area (Å²) in [4.78, 5) is 17.1. The SMILES string of the molecule is CCC(=NN=C(C)C(C)=NOCC#N)OCc1c(C)cccc1-n1nnn(C)c1=O. The number of hydrogen-bond donors (Lipinski definition) is 0. The normalized spacial score (nSPS) is 12.6. The molecule has 0 saturated carbocycles. The molecule has 0 fully saturated rings. The molecule has 0 aliphatic rings. The summed E-state index contributed by atoms with van der Waals surface area (Å²) in [6.45, 7) is 7.31. The third-order valence-corrected chi connectivity index (χ3v) is 4.19. The Morgan fingerprint density at radius 3 is 2.63 bits per heavy atom. The van der Waals surface area contributed by atoms with Gasteiger partial charge in [-0.2, -0.15) is 19.7 Å². The first kappa shape index (κ1) is 22.5. The van der Waals surface area contributed by atoms with Gasteiger partial charge in [0, 0.05) is 19.0 Å². The summed E-state index contributed by atoms with van der Waals surface area (Å²) in [7, 11) is 1.54. The molecule has 0 atom stereocenters. The van der Waals surface area contributed by atoms with Crippen LogP contribution >= 0.6 is 0 Å². The third-order valence-electron chi connectivity index (χ3n) is 4.19. The van der Waals surface area contributed by atoms with Gasteiger partial charge in [-0.25, -0.2) is 4.79 Å². The molecule has 0 unspecified atom stereocenters. The summed E-state index contributed by atoms with van der Waals surface area (Å²) in [5.41, 5.74) is 3.03. The van der Waals surface area contributed by atoms with Crippen molar-refractivity contribution in [3.05, 3.63) is 39.8 Å². The fourth-order valence-electron chi connectivity index (χ4n) is 2.32. The Bertz CT molecular complexity index is 1070. The van der Waals surface area contributed by atoms with Crippen LogP contribution in [-0.2, 0) is 23.2 Å². The highest BCUT2D eigenvalue weighted by Gasteiger charge is 2.14. The van der Waals surface area contributed by atoms with Crippen LogP contribution in [0.4, 0.5) is 0 Å². The van der Waals surface area contributed by atoms with E-state index < -0.39 is 0 Å². The van der Waals surface area contributed by atoms with E-state index in [1.807, 2.05) is 32.0 Å². The van der Waals surface area contributed by atoms with Crippen molar-refractivity contribution >= 4 is 17.3 Å². The van der Waals surface area contributed by atoms with Crippen molar-refractivity contribution in [3.63, 3.8) is 0 Å². The fourth-order valence-corrected chi connectivity index (χ4v) is 2.32. The van der Waals surface area contributed by atoms with Gasteiger partial charge in [0.1, 0.15) is 12.7 Å². The molecule has 0 radical (unpaired) electrons. The molecule has 1 aromatic carbocycles. The minimum Gasteiger partial charge on any atom is -0.475 e. The highest BCUT2D eigenvalue weighted by atomic mass is 16.6. The van der Waals surface area contributed by atoms with E-state index in [2.05, 4.69) is 25.8 Å². The Balaban J connectivity index is 2.21. The molecule has 0 aliphatic carbocycles. The monoisotopic (exact) mass is 412 g/mol. The van der Waals surface area contributed by atoms with Gasteiger partial charge in [0.05, 0.1) is 17.1 Å². The molecular formula is C19H24N8O3. The highest BCUT2D eigenvalue weighted by Crippen LogP contribution is 2.18. The summed E-state index contributed by atoms with van der Waals surface area (Å²) >= 11 is 0. The number of aromatic nitrogens is 4. The molecular weight excluding hydrogens is 388 g/mol. The van der Waals surface area contributed by atoms with Crippen molar-refractivity contribution < 1.29 is 9.57 Å². The molecule has 0 aliphatic heterocycles. The van der Waals surface area contributed by atoms with Crippen LogP contribution in [0.2, 0.25) is 0 Å². The quantitative estimate of drug-likeness (QED) is 0.281. The van der Waals surface area contributed by atoms with Crippen LogP contribution in [-0.4, -0.2) is 43.7 Å². The molecule has 0 spiro atoms. The minimum atomic E-state index is -0.347. The number of tetrazole rings is 1. The average molecular weight is 412 g/mol. The van der Waals surface area contributed by atoms with Gasteiger partial charge >= 0.3 is 5.69 Å². The van der Waals surface area contributed by atoms with Gasteiger partial charge in [0.2, 0.25) is 12.5 Å². The first-order valence-electron chi connectivity index (χ1n) is 9.24. The number of benzene rings is 1. The predicted octanol–water partition coefficient (Wildman–Crippen LogP) is 1.89. The van der Waals surface area contributed by atoms with Crippen LogP contribution < -0.4 is 5.69 Å². The number of rotatable bonds is 8. The van der Waals surface area contributed by atoms with Gasteiger partial charge in [0.25, 0.3) is 0 Å². The van der Waals surface area contributed by atoms with E-state index in [-0.39, 0.29) is 18.9 Å². The number of hydrogen-bond acceptors (Lipinski definition) is 9. The van der Waals surface area contributed by atoms with Crippen LogP contribution in [0.5, 0.6) is 0 Å². The number of nitriles is 1. The maximum absolute atomic E-state index is 12.2.